The summed E-state index contributed by atoms with van der Waals surface area (Å²) >= 11 is 6.63. The van der Waals surface area contributed by atoms with Gasteiger partial charge in [-0.1, -0.05) is 22.9 Å². The molecule has 6 nitrogen and oxygen atoms in total. The molecule has 0 saturated carbocycles. The van der Waals surface area contributed by atoms with Crippen LogP contribution in [0.25, 0.3) is 0 Å². The average Bonchev–Trinajstić information content (AvgIpc) is 2.44. The van der Waals surface area contributed by atoms with Crippen LogP contribution in [0.1, 0.15) is 45.7 Å². The highest BCUT2D eigenvalue weighted by Crippen LogP contribution is 2.36. The van der Waals surface area contributed by atoms with Crippen LogP contribution in [0.4, 0.5) is 4.79 Å². The Bertz CT molecular complexity index is 615. The van der Waals surface area contributed by atoms with Crippen LogP contribution in [0.2, 0.25) is 0 Å². The number of ether oxygens (including phenoxy) is 1. The zero-order valence-corrected chi connectivity index (χ0v) is 17.2. The summed E-state index contributed by atoms with van der Waals surface area (Å²) in [5, 5.41) is 15.4. The standard InChI is InChI=1S/C16H22Br2N2O4/c1-5-12(10-6-9(17)7-11(18)14(10)22)20-13(21)8-19-15(23)24-16(2,3)4/h6-7,12,22H,5,8H2,1-4H3,(H,19,23)(H,20,21). The number of phenolic OH excluding ortho intramolecular Hbond substituents is 1. The largest absolute Gasteiger partial charge is 0.506 e. The Morgan fingerprint density at radius 1 is 1.29 bits per heavy atom. The fraction of sp³-hybridized carbons (Fsp3) is 0.500. The van der Waals surface area contributed by atoms with E-state index >= 15 is 0 Å². The molecule has 3 N–H and O–H groups in total. The molecule has 0 heterocycles. The van der Waals surface area contributed by atoms with Crippen molar-refractivity contribution < 1.29 is 19.4 Å². The molecule has 0 aliphatic heterocycles. The van der Waals surface area contributed by atoms with Crippen LogP contribution in [-0.2, 0) is 9.53 Å². The van der Waals surface area contributed by atoms with Crippen LogP contribution < -0.4 is 10.6 Å². The Kier molecular flexibility index (Phi) is 7.54. The SMILES string of the molecule is CCC(NC(=O)CNC(=O)OC(C)(C)C)c1cc(Br)cc(Br)c1O. The van der Waals surface area contributed by atoms with Crippen molar-refractivity contribution in [3.8, 4) is 5.75 Å². The van der Waals surface area contributed by atoms with Gasteiger partial charge in [0.1, 0.15) is 17.9 Å². The molecule has 134 valence electrons. The number of phenols is 1. The van der Waals surface area contributed by atoms with Crippen LogP contribution in [0.15, 0.2) is 21.1 Å². The molecule has 8 heteroatoms. The Hall–Kier alpha value is -1.28. The topological polar surface area (TPSA) is 87.7 Å². The fourth-order valence-electron chi connectivity index (χ4n) is 1.96. The number of aromatic hydroxyl groups is 1. The Morgan fingerprint density at radius 3 is 2.46 bits per heavy atom. The Balaban J connectivity index is 2.69. The first-order valence-electron chi connectivity index (χ1n) is 7.47. The normalized spacial score (nSPS) is 12.4. The van der Waals surface area contributed by atoms with Crippen molar-refractivity contribution in [2.24, 2.45) is 0 Å². The molecular formula is C16H22Br2N2O4. The first-order chi connectivity index (χ1) is 11.0. The maximum atomic E-state index is 12.1. The minimum Gasteiger partial charge on any atom is -0.506 e. The number of halogens is 2. The lowest BCUT2D eigenvalue weighted by atomic mass is 10.0. The summed E-state index contributed by atoms with van der Waals surface area (Å²) in [4.78, 5) is 23.6. The molecular weight excluding hydrogens is 444 g/mol. The van der Waals surface area contributed by atoms with Gasteiger partial charge in [0.15, 0.2) is 0 Å². The molecule has 1 aromatic rings. The van der Waals surface area contributed by atoms with Gasteiger partial charge in [0.2, 0.25) is 5.91 Å². The fourth-order valence-corrected chi connectivity index (χ4v) is 3.22. The smallest absolute Gasteiger partial charge is 0.408 e. The second kappa shape index (κ2) is 8.71. The van der Waals surface area contributed by atoms with Crippen molar-refractivity contribution in [3.63, 3.8) is 0 Å². The molecule has 0 aliphatic carbocycles. The number of nitrogens with one attached hydrogen (secondary N) is 2. The highest BCUT2D eigenvalue weighted by Gasteiger charge is 2.20. The van der Waals surface area contributed by atoms with Crippen LogP contribution >= 0.6 is 31.9 Å². The van der Waals surface area contributed by atoms with Gasteiger partial charge in [-0.2, -0.15) is 0 Å². The molecule has 24 heavy (non-hydrogen) atoms. The zero-order chi connectivity index (χ0) is 18.5. The van der Waals surface area contributed by atoms with E-state index in [2.05, 4.69) is 42.5 Å². The molecule has 0 radical (unpaired) electrons. The van der Waals surface area contributed by atoms with Crippen molar-refractivity contribution in [1.29, 1.82) is 0 Å². The van der Waals surface area contributed by atoms with Crippen molar-refractivity contribution in [2.75, 3.05) is 6.54 Å². The van der Waals surface area contributed by atoms with Gasteiger partial charge in [-0.05, 0) is 55.3 Å². The molecule has 0 saturated heterocycles. The molecule has 1 atom stereocenters. The molecule has 0 bridgehead atoms. The van der Waals surface area contributed by atoms with Crippen LogP contribution in [-0.4, -0.2) is 29.3 Å². The maximum Gasteiger partial charge on any atom is 0.408 e. The van der Waals surface area contributed by atoms with Gasteiger partial charge in [0.25, 0.3) is 0 Å². The van der Waals surface area contributed by atoms with Gasteiger partial charge >= 0.3 is 6.09 Å². The molecule has 0 aliphatic rings. The molecule has 0 aromatic heterocycles. The van der Waals surface area contributed by atoms with Crippen molar-refractivity contribution >= 4 is 43.9 Å². The summed E-state index contributed by atoms with van der Waals surface area (Å²) in [6, 6.07) is 3.08. The quantitative estimate of drug-likeness (QED) is 0.613. The van der Waals surface area contributed by atoms with E-state index < -0.39 is 11.7 Å². The number of alkyl carbamates (subject to hydrolysis) is 1. The number of hydrogen-bond acceptors (Lipinski definition) is 4. The molecule has 1 rings (SSSR count). The van der Waals surface area contributed by atoms with E-state index in [1.54, 1.807) is 32.9 Å². The summed E-state index contributed by atoms with van der Waals surface area (Å²) < 4.78 is 6.39. The van der Waals surface area contributed by atoms with Crippen molar-refractivity contribution in [2.45, 2.75) is 45.8 Å². The molecule has 1 aromatic carbocycles. The van der Waals surface area contributed by atoms with Gasteiger partial charge in [-0.15, -0.1) is 0 Å². The molecule has 2 amide bonds. The summed E-state index contributed by atoms with van der Waals surface area (Å²) in [7, 11) is 0. The van der Waals surface area contributed by atoms with E-state index in [1.807, 2.05) is 6.92 Å². The van der Waals surface area contributed by atoms with Gasteiger partial charge in [-0.3, -0.25) is 4.79 Å². The van der Waals surface area contributed by atoms with Gasteiger partial charge in [0.05, 0.1) is 10.5 Å². The Morgan fingerprint density at radius 2 is 1.92 bits per heavy atom. The van der Waals surface area contributed by atoms with Gasteiger partial charge < -0.3 is 20.5 Å². The van der Waals surface area contributed by atoms with E-state index in [4.69, 9.17) is 4.74 Å². The van der Waals surface area contributed by atoms with Crippen molar-refractivity contribution in [3.05, 3.63) is 26.6 Å². The van der Waals surface area contributed by atoms with E-state index in [0.29, 0.717) is 16.5 Å². The predicted octanol–water partition coefficient (Wildman–Crippen LogP) is 4.01. The number of benzene rings is 1. The first-order valence-corrected chi connectivity index (χ1v) is 9.06. The third-order valence-corrected chi connectivity index (χ3v) is 4.03. The lowest BCUT2D eigenvalue weighted by molar-refractivity contribution is -0.121. The predicted molar refractivity (Wildman–Crippen MR) is 98.9 cm³/mol. The average molecular weight is 466 g/mol. The van der Waals surface area contributed by atoms with Gasteiger partial charge in [0, 0.05) is 10.0 Å². The third-order valence-electron chi connectivity index (χ3n) is 2.97. The van der Waals surface area contributed by atoms with E-state index in [0.717, 1.165) is 4.47 Å². The highest BCUT2D eigenvalue weighted by atomic mass is 79.9. The lowest BCUT2D eigenvalue weighted by Crippen LogP contribution is -2.40. The van der Waals surface area contributed by atoms with E-state index in [-0.39, 0.29) is 24.2 Å². The number of hydrogen-bond donors (Lipinski definition) is 3. The van der Waals surface area contributed by atoms with Crippen LogP contribution in [0.5, 0.6) is 5.75 Å². The Labute approximate surface area is 158 Å². The monoisotopic (exact) mass is 464 g/mol. The van der Waals surface area contributed by atoms with Crippen molar-refractivity contribution in [1.82, 2.24) is 10.6 Å². The van der Waals surface area contributed by atoms with Crippen LogP contribution in [0, 0.1) is 0 Å². The van der Waals surface area contributed by atoms with E-state index in [9.17, 15) is 14.7 Å². The zero-order valence-electron chi connectivity index (χ0n) is 14.1. The third kappa shape index (κ3) is 6.68. The minimum absolute atomic E-state index is 0.0745. The summed E-state index contributed by atoms with van der Waals surface area (Å²) in [5.41, 5.74) is -0.0367. The number of amides is 2. The molecule has 1 unspecified atom stereocenters. The second-order valence-corrected chi connectivity index (χ2v) is 7.98. The second-order valence-electron chi connectivity index (χ2n) is 6.21. The molecule has 0 fully saturated rings. The lowest BCUT2D eigenvalue weighted by Gasteiger charge is -2.21. The number of carbonyl (C=O) groups excluding carboxylic acids is 2. The summed E-state index contributed by atoms with van der Waals surface area (Å²) in [5.74, 6) is -0.298. The highest BCUT2D eigenvalue weighted by molar-refractivity contribution is 9.11. The number of carbonyl (C=O) groups is 2. The van der Waals surface area contributed by atoms with E-state index in [1.165, 1.54) is 0 Å². The minimum atomic E-state index is -0.654. The summed E-state index contributed by atoms with van der Waals surface area (Å²) in [6.45, 7) is 6.91. The maximum absolute atomic E-state index is 12.1. The number of rotatable bonds is 5. The molecule has 0 spiro atoms. The first kappa shape index (κ1) is 20.8. The van der Waals surface area contributed by atoms with Crippen LogP contribution in [0.3, 0.4) is 0 Å². The van der Waals surface area contributed by atoms with Gasteiger partial charge in [-0.25, -0.2) is 4.79 Å². The summed E-state index contributed by atoms with van der Waals surface area (Å²) in [6.07, 6.45) is -0.0759.